The van der Waals surface area contributed by atoms with E-state index >= 15 is 0 Å². The minimum atomic E-state index is -1.23. The predicted molar refractivity (Wildman–Crippen MR) is 190 cm³/mol. The van der Waals surface area contributed by atoms with Crippen LogP contribution in [0.3, 0.4) is 0 Å². The Hall–Kier alpha value is -2.46. The molecule has 1 aliphatic heterocycles. The highest BCUT2D eigenvalue weighted by Gasteiger charge is 2.60. The van der Waals surface area contributed by atoms with Crippen LogP contribution in [0.1, 0.15) is 133 Å². The van der Waals surface area contributed by atoms with E-state index in [4.69, 9.17) is 28.4 Å². The second-order valence-corrected chi connectivity index (χ2v) is 17.4. The molecular formula is C41H64O10. The third-order valence-corrected chi connectivity index (χ3v) is 13.5. The highest BCUT2D eigenvalue weighted by atomic mass is 16.7. The summed E-state index contributed by atoms with van der Waals surface area (Å²) in [6.45, 7) is 17.0. The van der Waals surface area contributed by atoms with Gasteiger partial charge in [-0.1, -0.05) is 65.5 Å². The molecule has 0 spiro atoms. The fourth-order valence-corrected chi connectivity index (χ4v) is 11.3. The Bertz CT molecular complexity index is 1310. The first-order valence-electron chi connectivity index (χ1n) is 19.7. The molecule has 10 nitrogen and oxygen atoms in total. The van der Waals surface area contributed by atoms with Crippen LogP contribution in [-0.2, 0) is 47.6 Å². The van der Waals surface area contributed by atoms with Crippen molar-refractivity contribution in [2.45, 2.75) is 170 Å². The molecule has 13 atom stereocenters. The Balaban J connectivity index is 1.32. The molecule has 5 rings (SSSR count). The average molecular weight is 717 g/mol. The van der Waals surface area contributed by atoms with Crippen LogP contribution in [0.5, 0.6) is 0 Å². The largest absolute Gasteiger partial charge is 0.463 e. The summed E-state index contributed by atoms with van der Waals surface area (Å²) in [7, 11) is 0. The lowest BCUT2D eigenvalue weighted by Crippen LogP contribution is -2.63. The number of hydrogen-bond donors (Lipinski definition) is 0. The molecule has 4 aliphatic carbocycles. The van der Waals surface area contributed by atoms with E-state index in [-0.39, 0.29) is 18.1 Å². The molecule has 0 aromatic rings. The first-order chi connectivity index (χ1) is 24.0. The minimum Gasteiger partial charge on any atom is -0.463 e. The van der Waals surface area contributed by atoms with Crippen molar-refractivity contribution in [3.63, 3.8) is 0 Å². The van der Waals surface area contributed by atoms with E-state index in [0.29, 0.717) is 17.3 Å². The van der Waals surface area contributed by atoms with Crippen LogP contribution >= 0.6 is 0 Å². The quantitative estimate of drug-likeness (QED) is 0.114. The smallest absolute Gasteiger partial charge is 0.303 e. The van der Waals surface area contributed by atoms with Gasteiger partial charge in [-0.2, -0.15) is 0 Å². The molecule has 288 valence electrons. The molecule has 51 heavy (non-hydrogen) atoms. The third-order valence-electron chi connectivity index (χ3n) is 13.5. The Labute approximate surface area is 305 Å². The SMILES string of the molecule is CC(=O)OC[C@H]1OC(OC2CC[C@@]3(C)C(=CCC4C3CC[C@@]3(C)C4CC[C@@H]3[C@H](C)CCCC(C)C)C2)[C@H](OC(C)=O)[C@@H](OC(C)=O)[C@@H]1OC(C)=O. The maximum Gasteiger partial charge on any atom is 0.303 e. The molecule has 0 aromatic carbocycles. The minimum absolute atomic E-state index is 0.104. The van der Waals surface area contributed by atoms with Crippen LogP contribution in [0.4, 0.5) is 0 Å². The van der Waals surface area contributed by atoms with Gasteiger partial charge in [0.1, 0.15) is 12.7 Å². The van der Waals surface area contributed by atoms with Gasteiger partial charge in [0.2, 0.25) is 0 Å². The van der Waals surface area contributed by atoms with Gasteiger partial charge in [0.15, 0.2) is 24.6 Å². The Morgan fingerprint density at radius 2 is 1.47 bits per heavy atom. The Kier molecular flexibility index (Phi) is 12.7. The highest BCUT2D eigenvalue weighted by Crippen LogP contribution is 2.67. The van der Waals surface area contributed by atoms with Gasteiger partial charge in [-0.05, 0) is 97.7 Å². The van der Waals surface area contributed by atoms with E-state index in [1.54, 1.807) is 0 Å². The van der Waals surface area contributed by atoms with Gasteiger partial charge < -0.3 is 28.4 Å². The van der Waals surface area contributed by atoms with E-state index in [9.17, 15) is 19.2 Å². The molecular weight excluding hydrogens is 652 g/mol. The van der Waals surface area contributed by atoms with Crippen LogP contribution in [-0.4, -0.2) is 67.3 Å². The topological polar surface area (TPSA) is 124 Å². The summed E-state index contributed by atoms with van der Waals surface area (Å²) in [6.07, 6.45) is 9.39. The van der Waals surface area contributed by atoms with Crippen molar-refractivity contribution in [3.8, 4) is 0 Å². The fraction of sp³-hybridized carbons (Fsp3) is 0.854. The summed E-state index contributed by atoms with van der Waals surface area (Å²) < 4.78 is 35.0. The summed E-state index contributed by atoms with van der Waals surface area (Å²) >= 11 is 0. The standard InChI is InChI=1S/C41H64O10/c1-23(2)11-10-12-24(3)32-15-16-33-31-14-13-29-21-30(17-19-40(29,8)34(31)18-20-41(32,33)9)50-39-38(49-28(7)45)37(48-27(6)44)36(47-26(5)43)35(51-39)22-46-25(4)42/h13,23-24,30-39H,10-12,14-22H2,1-9H3/t24-,30?,31?,32-,33?,34?,35-,36-,37+,38-,39?,40+,41-/m1/s1. The van der Waals surface area contributed by atoms with Crippen molar-refractivity contribution < 1.29 is 47.6 Å². The number of carbonyl (C=O) groups excluding carboxylic acids is 4. The molecule has 1 heterocycles. The van der Waals surface area contributed by atoms with Crippen molar-refractivity contribution >= 4 is 23.9 Å². The van der Waals surface area contributed by atoms with E-state index in [1.807, 2.05) is 0 Å². The molecule has 0 aromatic heterocycles. The first-order valence-corrected chi connectivity index (χ1v) is 19.7. The normalized spacial score (nSPS) is 39.5. The van der Waals surface area contributed by atoms with Crippen LogP contribution < -0.4 is 0 Å². The second kappa shape index (κ2) is 16.3. The zero-order chi connectivity index (χ0) is 37.2. The number of ether oxygens (including phenoxy) is 6. The highest BCUT2D eigenvalue weighted by molar-refractivity contribution is 5.68. The molecule has 0 N–H and O–H groups in total. The summed E-state index contributed by atoms with van der Waals surface area (Å²) in [6, 6.07) is 0. The van der Waals surface area contributed by atoms with E-state index in [2.05, 4.69) is 40.7 Å². The number of fused-ring (bicyclic) bond motifs is 5. The number of esters is 4. The van der Waals surface area contributed by atoms with E-state index < -0.39 is 54.6 Å². The van der Waals surface area contributed by atoms with Crippen molar-refractivity contribution in [3.05, 3.63) is 11.6 Å². The molecule has 10 heteroatoms. The van der Waals surface area contributed by atoms with Crippen LogP contribution in [0.15, 0.2) is 11.6 Å². The van der Waals surface area contributed by atoms with Gasteiger partial charge in [0.05, 0.1) is 6.10 Å². The van der Waals surface area contributed by atoms with E-state index in [0.717, 1.165) is 49.4 Å². The lowest BCUT2D eigenvalue weighted by molar-refractivity contribution is -0.318. The zero-order valence-corrected chi connectivity index (χ0v) is 32.6. The first kappa shape index (κ1) is 39.7. The molecule has 1 saturated heterocycles. The number of hydrogen-bond acceptors (Lipinski definition) is 10. The van der Waals surface area contributed by atoms with Crippen LogP contribution in [0.2, 0.25) is 0 Å². The number of rotatable bonds is 12. The molecule has 0 amide bonds. The van der Waals surface area contributed by atoms with Gasteiger partial charge in [0.25, 0.3) is 0 Å². The van der Waals surface area contributed by atoms with Gasteiger partial charge in [-0.25, -0.2) is 0 Å². The second-order valence-electron chi connectivity index (χ2n) is 17.4. The molecule has 0 bridgehead atoms. The van der Waals surface area contributed by atoms with Crippen molar-refractivity contribution in [1.29, 1.82) is 0 Å². The fourth-order valence-electron chi connectivity index (χ4n) is 11.3. The van der Waals surface area contributed by atoms with Crippen molar-refractivity contribution in [2.24, 2.45) is 46.3 Å². The molecule has 3 saturated carbocycles. The Morgan fingerprint density at radius 1 is 0.804 bits per heavy atom. The molecule has 5 aliphatic rings. The summed E-state index contributed by atoms with van der Waals surface area (Å²) in [4.78, 5) is 48.5. The lowest BCUT2D eigenvalue weighted by atomic mass is 9.47. The maximum atomic E-state index is 12.3. The molecule has 4 fully saturated rings. The molecule has 0 radical (unpaired) electrons. The summed E-state index contributed by atoms with van der Waals surface area (Å²) in [5.41, 5.74) is 1.97. The van der Waals surface area contributed by atoms with Crippen LogP contribution in [0.25, 0.3) is 0 Å². The Morgan fingerprint density at radius 3 is 2.12 bits per heavy atom. The predicted octanol–water partition coefficient (Wildman–Crippen LogP) is 7.50. The monoisotopic (exact) mass is 716 g/mol. The van der Waals surface area contributed by atoms with Gasteiger partial charge in [0, 0.05) is 27.7 Å². The lowest BCUT2D eigenvalue weighted by Gasteiger charge is -2.58. The summed E-state index contributed by atoms with van der Waals surface area (Å²) in [5, 5.41) is 0. The number of carbonyl (C=O) groups is 4. The van der Waals surface area contributed by atoms with Crippen molar-refractivity contribution in [1.82, 2.24) is 0 Å². The third kappa shape index (κ3) is 8.69. The molecule has 5 unspecified atom stereocenters. The number of allylic oxidation sites excluding steroid dienone is 1. The van der Waals surface area contributed by atoms with Crippen LogP contribution in [0, 0.1) is 46.3 Å². The maximum absolute atomic E-state index is 12.3. The van der Waals surface area contributed by atoms with Gasteiger partial charge in [-0.3, -0.25) is 19.2 Å². The zero-order valence-electron chi connectivity index (χ0n) is 32.6. The van der Waals surface area contributed by atoms with E-state index in [1.165, 1.54) is 78.2 Å². The summed E-state index contributed by atoms with van der Waals surface area (Å²) in [5.74, 6) is 2.01. The van der Waals surface area contributed by atoms with Crippen molar-refractivity contribution in [2.75, 3.05) is 6.61 Å². The van der Waals surface area contributed by atoms with Gasteiger partial charge in [-0.15, -0.1) is 0 Å². The average Bonchev–Trinajstić information content (AvgIpc) is 3.39. The van der Waals surface area contributed by atoms with Gasteiger partial charge >= 0.3 is 23.9 Å².